The van der Waals surface area contributed by atoms with Crippen LogP contribution in [0.15, 0.2) is 82.2 Å². The van der Waals surface area contributed by atoms with Crippen LogP contribution < -0.4 is 0 Å². The van der Waals surface area contributed by atoms with Gasteiger partial charge in [0.25, 0.3) is 0 Å². The standard InChI is InChI=1S/C21H25.C12H11.C3H6.Zr/c1-20(2,3)16-9-7-14-11-15-8-10-17(21(4,5)6)13-19(15)18(14)12-16;1-10-7-8-12(9-10)11-5-3-2-4-6-11;1-3-2;/h7-13H,1-6H3;2-6,8-10H,1H3;1-2H3;. The van der Waals surface area contributed by atoms with Crippen molar-refractivity contribution in [1.29, 1.82) is 0 Å². The van der Waals surface area contributed by atoms with Crippen LogP contribution in [0, 0.1) is 5.92 Å². The average Bonchev–Trinajstić information content (AvgIpc) is 3.36. The molecule has 2 aliphatic rings. The van der Waals surface area contributed by atoms with Crippen molar-refractivity contribution >= 4 is 8.78 Å². The van der Waals surface area contributed by atoms with Crippen molar-refractivity contribution in [3.63, 3.8) is 0 Å². The Labute approximate surface area is 232 Å². The van der Waals surface area contributed by atoms with Gasteiger partial charge >= 0.3 is 234 Å². The molecule has 0 bridgehead atoms. The molecule has 3 aromatic rings. The summed E-state index contributed by atoms with van der Waals surface area (Å²) in [6, 6.07) is 25.8. The van der Waals surface area contributed by atoms with Gasteiger partial charge in [0, 0.05) is 0 Å². The van der Waals surface area contributed by atoms with E-state index in [1.165, 1.54) is 33.4 Å². The summed E-state index contributed by atoms with van der Waals surface area (Å²) in [6.45, 7) is 21.3. The molecule has 0 aliphatic heterocycles. The zero-order chi connectivity index (χ0) is 26.7. The van der Waals surface area contributed by atoms with E-state index in [1.54, 1.807) is 17.6 Å². The van der Waals surface area contributed by atoms with E-state index in [-0.39, 0.29) is 10.8 Å². The zero-order valence-corrected chi connectivity index (χ0v) is 26.6. The van der Waals surface area contributed by atoms with Crippen molar-refractivity contribution in [2.45, 2.75) is 76.8 Å². The Balaban J connectivity index is 1.70. The number of rotatable bonds is 3. The normalized spacial score (nSPS) is 17.3. The number of hydrogen-bond acceptors (Lipinski definition) is 0. The predicted molar refractivity (Wildman–Crippen MR) is 159 cm³/mol. The molecule has 0 aromatic heterocycles. The molecular formula is C36H42Zr. The van der Waals surface area contributed by atoms with Gasteiger partial charge in [-0.1, -0.05) is 0 Å². The van der Waals surface area contributed by atoms with Crippen LogP contribution in [0.5, 0.6) is 0 Å². The Morgan fingerprint density at radius 1 is 0.703 bits per heavy atom. The monoisotopic (exact) mass is 564 g/mol. The molecular weight excluding hydrogens is 524 g/mol. The second-order valence-electron chi connectivity index (χ2n) is 13.3. The van der Waals surface area contributed by atoms with Crippen molar-refractivity contribution in [3.8, 4) is 11.1 Å². The van der Waals surface area contributed by atoms with Gasteiger partial charge in [0.1, 0.15) is 0 Å². The molecule has 0 heterocycles. The van der Waals surface area contributed by atoms with Crippen molar-refractivity contribution in [2.75, 3.05) is 0 Å². The van der Waals surface area contributed by atoms with E-state index < -0.39 is 21.3 Å². The molecule has 1 atom stereocenters. The van der Waals surface area contributed by atoms with E-state index in [0.29, 0.717) is 9.54 Å². The summed E-state index contributed by atoms with van der Waals surface area (Å²) >= 11 is -2.27. The van der Waals surface area contributed by atoms with Gasteiger partial charge in [-0.05, 0) is 0 Å². The van der Waals surface area contributed by atoms with Gasteiger partial charge in [-0.25, -0.2) is 0 Å². The third kappa shape index (κ3) is 4.90. The van der Waals surface area contributed by atoms with Gasteiger partial charge in [-0.2, -0.15) is 0 Å². The Morgan fingerprint density at radius 3 is 1.68 bits per heavy atom. The number of benzene rings is 3. The number of fused-ring (bicyclic) bond motifs is 3. The molecule has 37 heavy (non-hydrogen) atoms. The first kappa shape index (κ1) is 26.5. The van der Waals surface area contributed by atoms with E-state index in [1.807, 2.05) is 0 Å². The molecule has 0 amide bonds. The first-order valence-electron chi connectivity index (χ1n) is 13.8. The maximum atomic E-state index is 2.58. The van der Waals surface area contributed by atoms with E-state index >= 15 is 0 Å². The number of hydrogen-bond donors (Lipinski definition) is 0. The Hall–Kier alpha value is -2.11. The minimum absolute atomic E-state index is 0.139. The molecule has 1 heteroatoms. The van der Waals surface area contributed by atoms with Crippen LogP contribution in [-0.4, -0.2) is 3.21 Å². The van der Waals surface area contributed by atoms with Crippen LogP contribution in [0.1, 0.15) is 93.8 Å². The topological polar surface area (TPSA) is 0 Å². The summed E-state index contributed by atoms with van der Waals surface area (Å²) in [7, 11) is 0. The van der Waals surface area contributed by atoms with E-state index in [2.05, 4.69) is 141 Å². The van der Waals surface area contributed by atoms with Gasteiger partial charge in [0.05, 0.1) is 0 Å². The molecule has 0 nitrogen and oxygen atoms in total. The molecule has 2 aliphatic carbocycles. The summed E-state index contributed by atoms with van der Waals surface area (Å²) in [5.74, 6) is 0.509. The van der Waals surface area contributed by atoms with Crippen LogP contribution in [0.2, 0.25) is 0 Å². The SMILES string of the molecule is C[C](C)=[Zr]([C]1=CC(c2ccccc2)=CC1C)[CH]1c2ccc(C(C)(C)C)cc2-c2cc(C(C)(C)C)ccc21. The summed E-state index contributed by atoms with van der Waals surface area (Å²) < 4.78 is 3.97. The van der Waals surface area contributed by atoms with Gasteiger partial charge < -0.3 is 0 Å². The fraction of sp³-hybridized carbons (Fsp3) is 0.361. The fourth-order valence-corrected chi connectivity index (χ4v) is 14.7. The van der Waals surface area contributed by atoms with Crippen molar-refractivity contribution in [3.05, 3.63) is 110 Å². The Bertz CT molecular complexity index is 1380. The summed E-state index contributed by atoms with van der Waals surface area (Å²) in [5.41, 5.74) is 12.0. The third-order valence-electron chi connectivity index (χ3n) is 8.23. The molecule has 0 saturated heterocycles. The van der Waals surface area contributed by atoms with Crippen LogP contribution >= 0.6 is 0 Å². The average molecular weight is 566 g/mol. The van der Waals surface area contributed by atoms with Crippen LogP contribution in [-0.2, 0) is 32.1 Å². The Morgan fingerprint density at radius 2 is 1.22 bits per heavy atom. The van der Waals surface area contributed by atoms with Gasteiger partial charge in [-0.15, -0.1) is 0 Å². The van der Waals surface area contributed by atoms with Crippen molar-refractivity contribution in [2.24, 2.45) is 5.92 Å². The molecule has 0 N–H and O–H groups in total. The van der Waals surface area contributed by atoms with Gasteiger partial charge in [0.15, 0.2) is 0 Å². The molecule has 0 spiro atoms. The Kier molecular flexibility index (Phi) is 6.86. The molecule has 3 aromatic carbocycles. The van der Waals surface area contributed by atoms with E-state index in [4.69, 9.17) is 0 Å². The fourth-order valence-electron chi connectivity index (χ4n) is 6.08. The summed E-state index contributed by atoms with van der Waals surface area (Å²) in [4.78, 5) is 0. The minimum atomic E-state index is -2.27. The third-order valence-corrected chi connectivity index (χ3v) is 16.8. The van der Waals surface area contributed by atoms with E-state index in [0.717, 1.165) is 0 Å². The molecule has 5 rings (SSSR count). The van der Waals surface area contributed by atoms with E-state index in [9.17, 15) is 0 Å². The zero-order valence-electron chi connectivity index (χ0n) is 24.2. The first-order valence-corrected chi connectivity index (χ1v) is 17.7. The van der Waals surface area contributed by atoms with Crippen molar-refractivity contribution in [1.82, 2.24) is 0 Å². The van der Waals surface area contributed by atoms with Gasteiger partial charge in [0.2, 0.25) is 0 Å². The molecule has 0 saturated carbocycles. The first-order chi connectivity index (χ1) is 17.4. The van der Waals surface area contributed by atoms with Gasteiger partial charge in [-0.3, -0.25) is 0 Å². The van der Waals surface area contributed by atoms with Crippen LogP contribution in [0.4, 0.5) is 0 Å². The second kappa shape index (κ2) is 9.57. The number of allylic oxidation sites excluding steroid dienone is 4. The molecule has 0 radical (unpaired) electrons. The quantitative estimate of drug-likeness (QED) is 0.296. The summed E-state index contributed by atoms with van der Waals surface area (Å²) in [5, 5.41) is 0. The van der Waals surface area contributed by atoms with Crippen molar-refractivity contribution < 1.29 is 21.3 Å². The molecule has 190 valence electrons. The van der Waals surface area contributed by atoms with Crippen LogP contribution in [0.25, 0.3) is 16.7 Å². The predicted octanol–water partition coefficient (Wildman–Crippen LogP) is 9.80. The molecule has 0 fully saturated rings. The molecule has 1 unspecified atom stereocenters. The van der Waals surface area contributed by atoms with Crippen LogP contribution in [0.3, 0.4) is 0 Å². The maximum absolute atomic E-state index is 2.58. The summed E-state index contributed by atoms with van der Waals surface area (Å²) in [6.07, 6.45) is 5.09. The second-order valence-corrected chi connectivity index (χ2v) is 20.7.